The molecule has 4 heteroatoms. The van der Waals surface area contributed by atoms with Crippen molar-refractivity contribution in [1.82, 2.24) is 15.5 Å². The van der Waals surface area contributed by atoms with Gasteiger partial charge in [-0.3, -0.25) is 4.79 Å². The number of rotatable bonds is 5. The van der Waals surface area contributed by atoms with Crippen molar-refractivity contribution in [2.75, 3.05) is 6.54 Å². The van der Waals surface area contributed by atoms with E-state index in [2.05, 4.69) is 22.4 Å². The first-order chi connectivity index (χ1) is 7.65. The molecule has 0 unspecified atom stereocenters. The van der Waals surface area contributed by atoms with E-state index in [-0.39, 0.29) is 5.91 Å². The normalized spacial score (nSPS) is 10.5. The summed E-state index contributed by atoms with van der Waals surface area (Å²) < 4.78 is 0. The second-order valence-electron chi connectivity index (χ2n) is 4.11. The van der Waals surface area contributed by atoms with Crippen LogP contribution in [-0.4, -0.2) is 22.6 Å². The van der Waals surface area contributed by atoms with E-state index in [1.54, 1.807) is 6.07 Å². The molecule has 1 N–H and O–H groups in total. The summed E-state index contributed by atoms with van der Waals surface area (Å²) in [5, 5.41) is 10.7. The molecule has 0 radical (unpaired) electrons. The molecule has 0 bridgehead atoms. The Morgan fingerprint density at radius 2 is 2.12 bits per heavy atom. The predicted octanol–water partition coefficient (Wildman–Crippen LogP) is 2.13. The average molecular weight is 221 g/mol. The molecule has 0 aliphatic rings. The van der Waals surface area contributed by atoms with Crippen LogP contribution in [0.4, 0.5) is 0 Å². The molecular formula is C12H19N3O. The van der Waals surface area contributed by atoms with Crippen LogP contribution in [0.3, 0.4) is 0 Å². The van der Waals surface area contributed by atoms with Gasteiger partial charge in [0.25, 0.3) is 5.91 Å². The molecule has 16 heavy (non-hydrogen) atoms. The lowest BCUT2D eigenvalue weighted by Gasteiger charge is -2.05. The molecule has 1 aromatic heterocycles. The molecule has 0 saturated carbocycles. The Hall–Kier alpha value is -1.45. The molecule has 1 amide bonds. The van der Waals surface area contributed by atoms with Gasteiger partial charge in [-0.15, -0.1) is 5.10 Å². The lowest BCUT2D eigenvalue weighted by Crippen LogP contribution is -2.25. The number of nitrogens with zero attached hydrogens (tertiary/aromatic N) is 2. The van der Waals surface area contributed by atoms with E-state index in [1.807, 2.05) is 19.9 Å². The van der Waals surface area contributed by atoms with Gasteiger partial charge < -0.3 is 5.32 Å². The number of amides is 1. The molecule has 4 nitrogen and oxygen atoms in total. The lowest BCUT2D eigenvalue weighted by atomic mass is 10.1. The molecule has 1 heterocycles. The Balaban J connectivity index is 2.56. The van der Waals surface area contributed by atoms with Crippen LogP contribution in [0.2, 0.25) is 0 Å². The Kier molecular flexibility index (Phi) is 4.89. The van der Waals surface area contributed by atoms with E-state index in [4.69, 9.17) is 0 Å². The third-order valence-corrected chi connectivity index (χ3v) is 2.33. The summed E-state index contributed by atoms with van der Waals surface area (Å²) in [6, 6.07) is 3.58. The van der Waals surface area contributed by atoms with Gasteiger partial charge in [0.15, 0.2) is 5.69 Å². The highest BCUT2D eigenvalue weighted by Crippen LogP contribution is 2.09. The van der Waals surface area contributed by atoms with Crippen molar-refractivity contribution < 1.29 is 4.79 Å². The van der Waals surface area contributed by atoms with Gasteiger partial charge in [0.2, 0.25) is 0 Å². The van der Waals surface area contributed by atoms with Gasteiger partial charge in [0, 0.05) is 6.54 Å². The molecule has 1 aromatic rings. The van der Waals surface area contributed by atoms with Crippen LogP contribution in [0.5, 0.6) is 0 Å². The highest BCUT2D eigenvalue weighted by atomic mass is 16.1. The highest BCUT2D eigenvalue weighted by molar-refractivity contribution is 5.91. The maximum atomic E-state index is 11.6. The Labute approximate surface area is 96.5 Å². The van der Waals surface area contributed by atoms with E-state index in [1.165, 1.54) is 0 Å². The molecule has 1 rings (SSSR count). The van der Waals surface area contributed by atoms with E-state index < -0.39 is 0 Å². The molecule has 88 valence electrons. The molecule has 0 saturated heterocycles. The number of unbranched alkanes of at least 4 members (excludes halogenated alkanes) is 1. The maximum Gasteiger partial charge on any atom is 0.271 e. The third kappa shape index (κ3) is 3.61. The lowest BCUT2D eigenvalue weighted by molar-refractivity contribution is 0.0947. The monoisotopic (exact) mass is 221 g/mol. The summed E-state index contributed by atoms with van der Waals surface area (Å²) in [6.07, 6.45) is 2.06. The number of carbonyl (C=O) groups excluding carboxylic acids is 1. The van der Waals surface area contributed by atoms with Crippen molar-refractivity contribution in [3.05, 3.63) is 23.5 Å². The number of carbonyl (C=O) groups is 1. The van der Waals surface area contributed by atoms with Crippen LogP contribution in [0.1, 0.15) is 55.7 Å². The SMILES string of the molecule is CCCCNC(=O)c1ccc(C(C)C)nn1. The smallest absolute Gasteiger partial charge is 0.271 e. The van der Waals surface area contributed by atoms with E-state index in [0.29, 0.717) is 18.2 Å². The van der Waals surface area contributed by atoms with Crippen LogP contribution in [0, 0.1) is 0 Å². The first kappa shape index (κ1) is 12.6. The summed E-state index contributed by atoms with van der Waals surface area (Å²) in [4.78, 5) is 11.6. The zero-order valence-corrected chi connectivity index (χ0v) is 10.2. The van der Waals surface area contributed by atoms with Crippen LogP contribution in [0.25, 0.3) is 0 Å². The van der Waals surface area contributed by atoms with Crippen molar-refractivity contribution in [3.8, 4) is 0 Å². The molecule has 0 spiro atoms. The van der Waals surface area contributed by atoms with Gasteiger partial charge in [-0.1, -0.05) is 27.2 Å². The summed E-state index contributed by atoms with van der Waals surface area (Å²) in [6.45, 7) is 6.88. The van der Waals surface area contributed by atoms with Crippen molar-refractivity contribution in [1.29, 1.82) is 0 Å². The van der Waals surface area contributed by atoms with Crippen LogP contribution in [0.15, 0.2) is 12.1 Å². The molecule has 0 aromatic carbocycles. The Morgan fingerprint density at radius 1 is 1.38 bits per heavy atom. The minimum absolute atomic E-state index is 0.142. The van der Waals surface area contributed by atoms with Gasteiger partial charge >= 0.3 is 0 Å². The van der Waals surface area contributed by atoms with Crippen molar-refractivity contribution in [2.24, 2.45) is 0 Å². The number of aromatic nitrogens is 2. The molecule has 0 aliphatic heterocycles. The quantitative estimate of drug-likeness (QED) is 0.775. The first-order valence-corrected chi connectivity index (χ1v) is 5.77. The van der Waals surface area contributed by atoms with Crippen LogP contribution in [-0.2, 0) is 0 Å². The number of hydrogen-bond donors (Lipinski definition) is 1. The molecule has 0 atom stereocenters. The standard InChI is InChI=1S/C12H19N3O/c1-4-5-8-13-12(16)11-7-6-10(9(2)3)14-15-11/h6-7,9H,4-5,8H2,1-3H3,(H,13,16). The number of hydrogen-bond acceptors (Lipinski definition) is 3. The first-order valence-electron chi connectivity index (χ1n) is 5.77. The van der Waals surface area contributed by atoms with Crippen LogP contribution >= 0.6 is 0 Å². The van der Waals surface area contributed by atoms with Crippen molar-refractivity contribution in [3.63, 3.8) is 0 Å². The topological polar surface area (TPSA) is 54.9 Å². The molecule has 0 aliphatic carbocycles. The van der Waals surface area contributed by atoms with Gasteiger partial charge in [0.1, 0.15) is 0 Å². The second-order valence-corrected chi connectivity index (χ2v) is 4.11. The van der Waals surface area contributed by atoms with Crippen molar-refractivity contribution >= 4 is 5.91 Å². The maximum absolute atomic E-state index is 11.6. The van der Waals surface area contributed by atoms with E-state index in [0.717, 1.165) is 18.5 Å². The van der Waals surface area contributed by atoms with Gasteiger partial charge in [0.05, 0.1) is 5.69 Å². The Morgan fingerprint density at radius 3 is 2.62 bits per heavy atom. The minimum Gasteiger partial charge on any atom is -0.351 e. The third-order valence-electron chi connectivity index (χ3n) is 2.33. The predicted molar refractivity (Wildman–Crippen MR) is 63.4 cm³/mol. The Bertz CT molecular complexity index is 333. The van der Waals surface area contributed by atoms with E-state index >= 15 is 0 Å². The summed E-state index contributed by atoms with van der Waals surface area (Å²) >= 11 is 0. The summed E-state index contributed by atoms with van der Waals surface area (Å²) in [7, 11) is 0. The number of nitrogens with one attached hydrogen (secondary N) is 1. The molecule has 0 fully saturated rings. The fraction of sp³-hybridized carbons (Fsp3) is 0.583. The van der Waals surface area contributed by atoms with E-state index in [9.17, 15) is 4.79 Å². The second kappa shape index (κ2) is 6.20. The van der Waals surface area contributed by atoms with Gasteiger partial charge in [-0.05, 0) is 24.5 Å². The largest absolute Gasteiger partial charge is 0.351 e. The zero-order valence-electron chi connectivity index (χ0n) is 10.2. The molecular weight excluding hydrogens is 202 g/mol. The fourth-order valence-electron chi connectivity index (χ4n) is 1.24. The highest BCUT2D eigenvalue weighted by Gasteiger charge is 2.08. The minimum atomic E-state index is -0.142. The van der Waals surface area contributed by atoms with Crippen LogP contribution < -0.4 is 5.32 Å². The average Bonchev–Trinajstić information content (AvgIpc) is 2.29. The van der Waals surface area contributed by atoms with Crippen molar-refractivity contribution in [2.45, 2.75) is 39.5 Å². The van der Waals surface area contributed by atoms with Gasteiger partial charge in [-0.25, -0.2) is 0 Å². The fourth-order valence-corrected chi connectivity index (χ4v) is 1.24. The summed E-state index contributed by atoms with van der Waals surface area (Å²) in [5.41, 5.74) is 1.30. The zero-order chi connectivity index (χ0) is 12.0. The summed E-state index contributed by atoms with van der Waals surface area (Å²) in [5.74, 6) is 0.195. The van der Waals surface area contributed by atoms with Gasteiger partial charge in [-0.2, -0.15) is 5.10 Å².